The van der Waals surface area contributed by atoms with E-state index in [1.165, 1.54) is 10.5 Å². The lowest BCUT2D eigenvalue weighted by atomic mass is 10.2. The average Bonchev–Trinajstić information content (AvgIpc) is 2.46. The molecule has 0 aliphatic carbocycles. The summed E-state index contributed by atoms with van der Waals surface area (Å²) < 4.78 is 0. The molecule has 0 saturated heterocycles. The molecule has 19 heavy (non-hydrogen) atoms. The molecule has 0 radical (unpaired) electrons. The number of hydrogen-bond donors (Lipinski definition) is 1. The molecular formula is C15H19N3S. The zero-order valence-electron chi connectivity index (χ0n) is 11.4. The van der Waals surface area contributed by atoms with Crippen LogP contribution < -0.4 is 5.32 Å². The van der Waals surface area contributed by atoms with Gasteiger partial charge in [0.15, 0.2) is 0 Å². The fourth-order valence-electron chi connectivity index (χ4n) is 1.60. The van der Waals surface area contributed by atoms with Gasteiger partial charge in [-0.15, -0.1) is 11.8 Å². The second-order valence-corrected chi connectivity index (χ2v) is 5.44. The van der Waals surface area contributed by atoms with Gasteiger partial charge in [0.25, 0.3) is 0 Å². The van der Waals surface area contributed by atoms with Gasteiger partial charge < -0.3 is 5.32 Å². The molecular weight excluding hydrogens is 254 g/mol. The van der Waals surface area contributed by atoms with Gasteiger partial charge in [-0.2, -0.15) is 0 Å². The Morgan fingerprint density at radius 1 is 1.11 bits per heavy atom. The Balaban J connectivity index is 1.87. The van der Waals surface area contributed by atoms with Gasteiger partial charge in [-0.25, -0.2) is 9.97 Å². The van der Waals surface area contributed by atoms with Gasteiger partial charge in [0.05, 0.1) is 5.75 Å². The summed E-state index contributed by atoms with van der Waals surface area (Å²) >= 11 is 1.77. The fraction of sp³-hybridized carbons (Fsp3) is 0.333. The van der Waals surface area contributed by atoms with Crippen molar-refractivity contribution < 1.29 is 0 Å². The minimum atomic E-state index is 0.810. The van der Waals surface area contributed by atoms with Crippen LogP contribution in [0.1, 0.15) is 23.9 Å². The summed E-state index contributed by atoms with van der Waals surface area (Å²) in [4.78, 5) is 10.0. The molecule has 100 valence electrons. The second-order valence-electron chi connectivity index (χ2n) is 4.39. The highest BCUT2D eigenvalue weighted by atomic mass is 32.2. The lowest BCUT2D eigenvalue weighted by Gasteiger charge is -2.04. The Kier molecular flexibility index (Phi) is 5.36. The third-order valence-corrected chi connectivity index (χ3v) is 3.73. The van der Waals surface area contributed by atoms with Crippen LogP contribution in [0, 0.1) is 6.92 Å². The van der Waals surface area contributed by atoms with Crippen LogP contribution in [0.15, 0.2) is 41.6 Å². The molecule has 0 saturated carbocycles. The highest BCUT2D eigenvalue weighted by Gasteiger charge is 2.00. The van der Waals surface area contributed by atoms with Crippen LogP contribution in [0.5, 0.6) is 0 Å². The predicted molar refractivity (Wildman–Crippen MR) is 80.2 cm³/mol. The second kappa shape index (κ2) is 7.26. The molecule has 0 atom stereocenters. The minimum absolute atomic E-state index is 0.810. The van der Waals surface area contributed by atoms with Crippen molar-refractivity contribution in [3.05, 3.63) is 53.6 Å². The van der Waals surface area contributed by atoms with E-state index in [0.717, 1.165) is 30.2 Å². The average molecular weight is 273 g/mol. The van der Waals surface area contributed by atoms with Gasteiger partial charge in [0, 0.05) is 29.4 Å². The van der Waals surface area contributed by atoms with Crippen LogP contribution in [-0.4, -0.2) is 16.5 Å². The molecule has 0 amide bonds. The van der Waals surface area contributed by atoms with Crippen molar-refractivity contribution in [1.82, 2.24) is 15.3 Å². The molecule has 2 aromatic rings. The van der Waals surface area contributed by atoms with Crippen molar-refractivity contribution in [2.45, 2.75) is 31.0 Å². The number of hydrogen-bond acceptors (Lipinski definition) is 4. The zero-order chi connectivity index (χ0) is 13.5. The van der Waals surface area contributed by atoms with Crippen LogP contribution in [-0.2, 0) is 12.3 Å². The molecule has 2 rings (SSSR count). The molecule has 0 fully saturated rings. The molecule has 1 aromatic carbocycles. The van der Waals surface area contributed by atoms with E-state index in [9.17, 15) is 0 Å². The monoisotopic (exact) mass is 273 g/mol. The third kappa shape index (κ3) is 4.65. The molecule has 0 bridgehead atoms. The van der Waals surface area contributed by atoms with E-state index in [1.54, 1.807) is 11.8 Å². The summed E-state index contributed by atoms with van der Waals surface area (Å²) in [5, 5.41) is 3.26. The Hall–Kier alpha value is -1.39. The predicted octanol–water partition coefficient (Wildman–Crippen LogP) is 3.19. The lowest BCUT2D eigenvalue weighted by molar-refractivity contribution is 0.719. The van der Waals surface area contributed by atoms with E-state index in [1.807, 2.05) is 12.4 Å². The van der Waals surface area contributed by atoms with Crippen molar-refractivity contribution in [2.75, 3.05) is 6.54 Å². The SMILES string of the molecule is CCNCc1cnc(CSc2ccc(C)cc2)nc1. The number of rotatable bonds is 6. The van der Waals surface area contributed by atoms with Crippen LogP contribution >= 0.6 is 11.8 Å². The lowest BCUT2D eigenvalue weighted by Crippen LogP contribution is -2.12. The molecule has 1 N–H and O–H groups in total. The van der Waals surface area contributed by atoms with E-state index in [0.29, 0.717) is 0 Å². The number of benzene rings is 1. The van der Waals surface area contributed by atoms with Gasteiger partial charge in [0.2, 0.25) is 0 Å². The Labute approximate surface area is 118 Å². The van der Waals surface area contributed by atoms with Gasteiger partial charge >= 0.3 is 0 Å². The highest BCUT2D eigenvalue weighted by Crippen LogP contribution is 2.21. The Bertz CT molecular complexity index is 494. The summed E-state index contributed by atoms with van der Waals surface area (Å²) in [5.41, 5.74) is 2.42. The molecule has 0 aliphatic heterocycles. The van der Waals surface area contributed by atoms with Crippen LogP contribution in [0.4, 0.5) is 0 Å². The first-order valence-electron chi connectivity index (χ1n) is 6.48. The quantitative estimate of drug-likeness (QED) is 0.820. The largest absolute Gasteiger partial charge is 0.313 e. The number of nitrogens with one attached hydrogen (secondary N) is 1. The van der Waals surface area contributed by atoms with E-state index >= 15 is 0 Å². The maximum Gasteiger partial charge on any atom is 0.138 e. The first-order valence-corrected chi connectivity index (χ1v) is 7.46. The minimum Gasteiger partial charge on any atom is -0.313 e. The standard InChI is InChI=1S/C15H19N3S/c1-3-16-8-13-9-17-15(18-10-13)11-19-14-6-4-12(2)5-7-14/h4-7,9-10,16H,3,8,11H2,1-2H3. The summed E-state index contributed by atoms with van der Waals surface area (Å²) in [6.45, 7) is 5.99. The third-order valence-electron chi connectivity index (χ3n) is 2.73. The molecule has 4 heteroatoms. The molecule has 0 unspecified atom stereocenters. The van der Waals surface area contributed by atoms with Crippen molar-refractivity contribution >= 4 is 11.8 Å². The van der Waals surface area contributed by atoms with E-state index in [-0.39, 0.29) is 0 Å². The van der Waals surface area contributed by atoms with E-state index in [2.05, 4.69) is 53.4 Å². The molecule has 0 spiro atoms. The maximum absolute atomic E-state index is 4.39. The van der Waals surface area contributed by atoms with Gasteiger partial charge in [-0.1, -0.05) is 24.6 Å². The number of nitrogens with zero attached hydrogens (tertiary/aromatic N) is 2. The summed E-state index contributed by atoms with van der Waals surface area (Å²) in [7, 11) is 0. The van der Waals surface area contributed by atoms with Gasteiger partial charge in [0.1, 0.15) is 5.82 Å². The first kappa shape index (κ1) is 14.0. The summed E-state index contributed by atoms with van der Waals surface area (Å²) in [6.07, 6.45) is 3.81. The molecule has 1 heterocycles. The van der Waals surface area contributed by atoms with Gasteiger partial charge in [-0.3, -0.25) is 0 Å². The number of aryl methyl sites for hydroxylation is 1. The van der Waals surface area contributed by atoms with Crippen LogP contribution in [0.2, 0.25) is 0 Å². The van der Waals surface area contributed by atoms with Crippen molar-refractivity contribution in [3.63, 3.8) is 0 Å². The van der Waals surface area contributed by atoms with E-state index in [4.69, 9.17) is 0 Å². The smallest absolute Gasteiger partial charge is 0.138 e. The topological polar surface area (TPSA) is 37.8 Å². The first-order chi connectivity index (χ1) is 9.28. The Morgan fingerprint density at radius 3 is 2.42 bits per heavy atom. The number of aromatic nitrogens is 2. The zero-order valence-corrected chi connectivity index (χ0v) is 12.2. The molecule has 1 aromatic heterocycles. The van der Waals surface area contributed by atoms with Crippen molar-refractivity contribution in [1.29, 1.82) is 0 Å². The normalized spacial score (nSPS) is 10.6. The van der Waals surface area contributed by atoms with E-state index < -0.39 is 0 Å². The maximum atomic E-state index is 4.39. The van der Waals surface area contributed by atoms with Crippen molar-refractivity contribution in [3.8, 4) is 0 Å². The van der Waals surface area contributed by atoms with Crippen LogP contribution in [0.3, 0.4) is 0 Å². The number of thioether (sulfide) groups is 1. The van der Waals surface area contributed by atoms with Crippen molar-refractivity contribution in [2.24, 2.45) is 0 Å². The summed E-state index contributed by atoms with van der Waals surface area (Å²) in [5.74, 6) is 1.69. The molecule has 0 aliphatic rings. The highest BCUT2D eigenvalue weighted by molar-refractivity contribution is 7.98. The summed E-state index contributed by atoms with van der Waals surface area (Å²) in [6, 6.07) is 8.53. The van der Waals surface area contributed by atoms with Gasteiger partial charge in [-0.05, 0) is 25.6 Å². The fourth-order valence-corrected chi connectivity index (χ4v) is 2.37. The van der Waals surface area contributed by atoms with Crippen LogP contribution in [0.25, 0.3) is 0 Å². The Morgan fingerprint density at radius 2 is 1.79 bits per heavy atom. The molecule has 3 nitrogen and oxygen atoms in total.